The van der Waals surface area contributed by atoms with E-state index in [0.717, 1.165) is 4.47 Å². The molecule has 1 fully saturated rings. The van der Waals surface area contributed by atoms with Crippen LogP contribution in [0.3, 0.4) is 0 Å². The third-order valence-corrected chi connectivity index (χ3v) is 8.27. The van der Waals surface area contributed by atoms with Crippen LogP contribution in [0, 0.1) is 5.41 Å². The largest absolute Gasteiger partial charge is 0.494 e. The number of carbonyl (C=O) groups excluding carboxylic acids is 3. The number of methoxy groups -OCH3 is 1. The van der Waals surface area contributed by atoms with Gasteiger partial charge in [-0.15, -0.1) is 0 Å². The highest BCUT2D eigenvalue weighted by Crippen LogP contribution is 2.35. The van der Waals surface area contributed by atoms with Gasteiger partial charge in [0.15, 0.2) is 0 Å². The van der Waals surface area contributed by atoms with E-state index in [1.807, 2.05) is 32.9 Å². The van der Waals surface area contributed by atoms with Crippen molar-refractivity contribution in [2.45, 2.75) is 58.7 Å². The third kappa shape index (κ3) is 7.36. The Morgan fingerprint density at radius 3 is 2.53 bits per heavy atom. The molecular formula is C30H37BrClN7O4. The summed E-state index contributed by atoms with van der Waals surface area (Å²) in [6.07, 6.45) is 2.58. The van der Waals surface area contributed by atoms with Crippen LogP contribution in [0.2, 0.25) is 5.02 Å². The number of benzene rings is 2. The van der Waals surface area contributed by atoms with Crippen LogP contribution in [0.15, 0.2) is 41.1 Å². The van der Waals surface area contributed by atoms with Crippen LogP contribution in [-0.4, -0.2) is 71.4 Å². The van der Waals surface area contributed by atoms with Crippen LogP contribution in [0.4, 0.5) is 17.2 Å². The van der Waals surface area contributed by atoms with E-state index in [-0.39, 0.29) is 17.7 Å². The molecule has 2 heterocycles. The zero-order valence-electron chi connectivity index (χ0n) is 25.0. The van der Waals surface area contributed by atoms with E-state index in [4.69, 9.17) is 16.3 Å². The molecule has 2 aromatic carbocycles. The summed E-state index contributed by atoms with van der Waals surface area (Å²) in [6, 6.07) is 6.90. The summed E-state index contributed by atoms with van der Waals surface area (Å²) in [5.41, 5.74) is 1.07. The zero-order valence-corrected chi connectivity index (χ0v) is 27.4. The number of carbonyl (C=O) groups is 3. The van der Waals surface area contributed by atoms with Crippen molar-refractivity contribution in [2.24, 2.45) is 5.41 Å². The summed E-state index contributed by atoms with van der Waals surface area (Å²) in [5, 5.41) is 13.1. The van der Waals surface area contributed by atoms with Gasteiger partial charge in [-0.25, -0.2) is 9.97 Å². The fourth-order valence-corrected chi connectivity index (χ4v) is 5.62. The minimum atomic E-state index is -0.810. The van der Waals surface area contributed by atoms with Gasteiger partial charge in [-0.1, -0.05) is 48.3 Å². The molecule has 3 aromatic rings. The summed E-state index contributed by atoms with van der Waals surface area (Å²) in [7, 11) is 3.19. The van der Waals surface area contributed by atoms with Gasteiger partial charge in [0.1, 0.15) is 30.0 Å². The lowest BCUT2D eigenvalue weighted by Crippen LogP contribution is -2.59. The smallest absolute Gasteiger partial charge is 0.247 e. The fraction of sp³-hybridized carbons (Fsp3) is 0.433. The summed E-state index contributed by atoms with van der Waals surface area (Å²) in [4.78, 5) is 50.6. The first-order valence-electron chi connectivity index (χ1n) is 14.0. The topological polar surface area (TPSA) is 138 Å². The predicted octanol–water partition coefficient (Wildman–Crippen LogP) is 4.87. The lowest BCUT2D eigenvalue weighted by Gasteiger charge is -2.36. The maximum Gasteiger partial charge on any atom is 0.247 e. The molecule has 11 nitrogen and oxygen atoms in total. The standard InChI is InChI=1S/C30H37BrClN7O4/c1-16(33-5)27(40)38-25(30(2,3)4)29(42)39-11-7-8-23(39)28(41)37-22-13-18-21(14-24(22)43-6)34-15-35-26(18)36-20-10-9-17(31)12-19(20)32/h9-10,12-16,23,25,33H,7-8,11H2,1-6H3,(H,37,41)(H,38,40)(H,34,35,36)/t16-,23-,25+/m0/s1. The highest BCUT2D eigenvalue weighted by Gasteiger charge is 2.42. The van der Waals surface area contributed by atoms with Crippen LogP contribution < -0.4 is 26.0 Å². The molecule has 4 N–H and O–H groups in total. The molecular weight excluding hydrogens is 638 g/mol. The number of likely N-dealkylation sites (N-methyl/N-ethyl adjacent to an activating group) is 1. The van der Waals surface area contributed by atoms with Gasteiger partial charge in [-0.05, 0) is 56.5 Å². The van der Waals surface area contributed by atoms with E-state index in [2.05, 4.69) is 47.2 Å². The van der Waals surface area contributed by atoms with Crippen molar-refractivity contribution in [2.75, 3.05) is 31.3 Å². The normalized spacial score (nSPS) is 16.5. The van der Waals surface area contributed by atoms with Crippen LogP contribution in [0.1, 0.15) is 40.5 Å². The monoisotopic (exact) mass is 673 g/mol. The summed E-state index contributed by atoms with van der Waals surface area (Å²) in [5.74, 6) is -0.0339. The minimum absolute atomic E-state index is 0.284. The Morgan fingerprint density at radius 1 is 1.14 bits per heavy atom. The molecule has 0 unspecified atom stereocenters. The SMILES string of the molecule is CN[C@@H](C)C(=O)N[C@H](C(=O)N1CCC[C@H]1C(=O)Nc1cc2c(Nc3ccc(Br)cc3Cl)ncnc2cc1OC)C(C)(C)C. The van der Waals surface area contributed by atoms with Gasteiger partial charge in [-0.3, -0.25) is 14.4 Å². The molecule has 0 spiro atoms. The maximum absolute atomic E-state index is 13.8. The first-order valence-corrected chi connectivity index (χ1v) is 15.1. The highest BCUT2D eigenvalue weighted by molar-refractivity contribution is 9.10. The molecule has 43 heavy (non-hydrogen) atoms. The van der Waals surface area contributed by atoms with Gasteiger partial charge in [0, 0.05) is 22.5 Å². The second-order valence-electron chi connectivity index (χ2n) is 11.5. The number of aromatic nitrogens is 2. The molecule has 230 valence electrons. The van der Waals surface area contributed by atoms with Crippen molar-refractivity contribution in [1.82, 2.24) is 25.5 Å². The van der Waals surface area contributed by atoms with Crippen LogP contribution in [-0.2, 0) is 14.4 Å². The van der Waals surface area contributed by atoms with E-state index in [1.54, 1.807) is 37.1 Å². The van der Waals surface area contributed by atoms with Crippen molar-refractivity contribution in [1.29, 1.82) is 0 Å². The lowest BCUT2D eigenvalue weighted by molar-refractivity contribution is -0.143. The number of fused-ring (bicyclic) bond motifs is 1. The molecule has 4 rings (SSSR count). The third-order valence-electron chi connectivity index (χ3n) is 7.46. The Hall–Kier alpha value is -3.48. The van der Waals surface area contributed by atoms with E-state index in [0.29, 0.717) is 58.3 Å². The van der Waals surface area contributed by atoms with Crippen molar-refractivity contribution >= 4 is 73.3 Å². The first-order chi connectivity index (χ1) is 20.3. The maximum atomic E-state index is 13.8. The van der Waals surface area contributed by atoms with E-state index in [1.165, 1.54) is 13.4 Å². The highest BCUT2D eigenvalue weighted by atomic mass is 79.9. The van der Waals surface area contributed by atoms with Crippen molar-refractivity contribution in [3.63, 3.8) is 0 Å². The van der Waals surface area contributed by atoms with Crippen molar-refractivity contribution in [3.05, 3.63) is 46.2 Å². The molecule has 0 bridgehead atoms. The molecule has 0 saturated carbocycles. The zero-order chi connectivity index (χ0) is 31.5. The van der Waals surface area contributed by atoms with E-state index in [9.17, 15) is 14.4 Å². The lowest BCUT2D eigenvalue weighted by atomic mass is 9.85. The van der Waals surface area contributed by atoms with E-state index < -0.39 is 23.5 Å². The number of anilines is 3. The Bertz CT molecular complexity index is 1530. The number of likely N-dealkylation sites (tertiary alicyclic amines) is 1. The molecule has 13 heteroatoms. The Morgan fingerprint density at radius 2 is 1.88 bits per heavy atom. The van der Waals surface area contributed by atoms with Gasteiger partial charge in [0.25, 0.3) is 0 Å². The molecule has 3 atom stereocenters. The fourth-order valence-electron chi connectivity index (χ4n) is 4.90. The van der Waals surface area contributed by atoms with Gasteiger partial charge >= 0.3 is 0 Å². The van der Waals surface area contributed by atoms with E-state index >= 15 is 0 Å². The van der Waals surface area contributed by atoms with Gasteiger partial charge < -0.3 is 30.9 Å². The number of ether oxygens (including phenoxy) is 1. The quantitative estimate of drug-likeness (QED) is 0.253. The molecule has 1 aliphatic heterocycles. The molecule has 1 saturated heterocycles. The second kappa shape index (κ2) is 13.4. The van der Waals surface area contributed by atoms with Gasteiger partial charge in [0.05, 0.1) is 35.1 Å². The predicted molar refractivity (Wildman–Crippen MR) is 172 cm³/mol. The number of nitrogens with zero attached hydrogens (tertiary/aromatic N) is 3. The average Bonchev–Trinajstić information content (AvgIpc) is 3.46. The first kappa shape index (κ1) is 32.4. The van der Waals surface area contributed by atoms with Crippen molar-refractivity contribution < 1.29 is 19.1 Å². The summed E-state index contributed by atoms with van der Waals surface area (Å²) < 4.78 is 6.43. The van der Waals surface area contributed by atoms with Crippen LogP contribution in [0.5, 0.6) is 5.75 Å². The average molecular weight is 675 g/mol. The summed E-state index contributed by atoms with van der Waals surface area (Å²) >= 11 is 9.83. The second-order valence-corrected chi connectivity index (χ2v) is 12.9. The number of halogens is 2. The number of nitrogens with one attached hydrogen (secondary N) is 4. The molecule has 3 amide bonds. The molecule has 1 aromatic heterocycles. The van der Waals surface area contributed by atoms with Gasteiger partial charge in [-0.2, -0.15) is 0 Å². The number of amides is 3. The number of rotatable bonds is 9. The number of hydrogen-bond donors (Lipinski definition) is 4. The van der Waals surface area contributed by atoms with Gasteiger partial charge in [0.2, 0.25) is 17.7 Å². The molecule has 1 aliphatic rings. The Kier molecular flexibility index (Phi) is 10.1. The Labute approximate surface area is 264 Å². The minimum Gasteiger partial charge on any atom is -0.494 e. The molecule has 0 aliphatic carbocycles. The van der Waals surface area contributed by atoms with Crippen LogP contribution >= 0.6 is 27.5 Å². The summed E-state index contributed by atoms with van der Waals surface area (Å²) in [6.45, 7) is 7.80. The van der Waals surface area contributed by atoms with Crippen molar-refractivity contribution in [3.8, 4) is 5.75 Å². The number of hydrogen-bond acceptors (Lipinski definition) is 8. The Balaban J connectivity index is 1.61. The van der Waals surface area contributed by atoms with Crippen LogP contribution in [0.25, 0.3) is 10.9 Å². The molecule has 0 radical (unpaired) electrons.